The van der Waals surface area contributed by atoms with E-state index in [4.69, 9.17) is 0 Å². The fourth-order valence-electron chi connectivity index (χ4n) is 4.16. The Bertz CT molecular complexity index is 775. The number of carbonyl (C=O) groups is 2. The molecule has 0 bridgehead atoms. The van der Waals surface area contributed by atoms with Crippen molar-refractivity contribution < 1.29 is 9.59 Å². The Morgan fingerprint density at radius 3 is 2.88 bits per heavy atom. The van der Waals surface area contributed by atoms with Gasteiger partial charge in [0, 0.05) is 38.7 Å². The molecule has 0 saturated carbocycles. The number of rotatable bonds is 3. The highest BCUT2D eigenvalue weighted by atomic mass is 32.1. The zero-order valence-electron chi connectivity index (χ0n) is 14.3. The van der Waals surface area contributed by atoms with Crippen molar-refractivity contribution in [2.75, 3.05) is 13.1 Å². The second kappa shape index (κ2) is 6.29. The zero-order chi connectivity index (χ0) is 17.4. The summed E-state index contributed by atoms with van der Waals surface area (Å²) < 4.78 is 1.78. The summed E-state index contributed by atoms with van der Waals surface area (Å²) in [5, 5.41) is 11.5. The largest absolute Gasteiger partial charge is 0.350 e. The topological polar surface area (TPSA) is 67.2 Å². The van der Waals surface area contributed by atoms with E-state index in [1.807, 2.05) is 41.2 Å². The first-order valence-corrected chi connectivity index (χ1v) is 9.58. The minimum absolute atomic E-state index is 0.104. The molecule has 2 aromatic rings. The second-order valence-electron chi connectivity index (χ2n) is 7.10. The van der Waals surface area contributed by atoms with Gasteiger partial charge in [-0.3, -0.25) is 14.3 Å². The normalized spacial score (nSPS) is 22.4. The predicted octanol–water partition coefficient (Wildman–Crippen LogP) is 1.69. The van der Waals surface area contributed by atoms with Crippen molar-refractivity contribution in [3.05, 3.63) is 40.3 Å². The van der Waals surface area contributed by atoms with Crippen molar-refractivity contribution in [1.82, 2.24) is 20.0 Å². The van der Waals surface area contributed by atoms with Crippen LogP contribution in [0.2, 0.25) is 0 Å². The van der Waals surface area contributed by atoms with Gasteiger partial charge in [-0.1, -0.05) is 0 Å². The molecule has 0 radical (unpaired) electrons. The molecular formula is C18H22N4O2S. The van der Waals surface area contributed by atoms with Gasteiger partial charge in [-0.05, 0) is 40.8 Å². The molecule has 2 fully saturated rings. The van der Waals surface area contributed by atoms with Gasteiger partial charge in [0.05, 0.1) is 18.2 Å². The molecule has 2 aliphatic heterocycles. The minimum Gasteiger partial charge on any atom is -0.350 e. The van der Waals surface area contributed by atoms with E-state index in [1.165, 1.54) is 0 Å². The van der Waals surface area contributed by atoms with E-state index in [0.717, 1.165) is 24.0 Å². The van der Waals surface area contributed by atoms with Gasteiger partial charge in [0.1, 0.15) is 0 Å². The molecule has 2 saturated heterocycles. The first-order valence-electron chi connectivity index (χ1n) is 8.64. The molecular weight excluding hydrogens is 336 g/mol. The molecule has 0 aromatic carbocycles. The van der Waals surface area contributed by atoms with Gasteiger partial charge in [-0.2, -0.15) is 16.4 Å². The molecule has 0 aliphatic carbocycles. The molecule has 132 valence electrons. The molecule has 1 N–H and O–H groups in total. The Labute approximate surface area is 150 Å². The lowest BCUT2D eigenvalue weighted by molar-refractivity contribution is -0.132. The quantitative estimate of drug-likeness (QED) is 0.908. The van der Waals surface area contributed by atoms with Gasteiger partial charge < -0.3 is 10.2 Å². The van der Waals surface area contributed by atoms with Crippen LogP contribution in [0.1, 0.15) is 36.3 Å². The molecule has 25 heavy (non-hydrogen) atoms. The van der Waals surface area contributed by atoms with Gasteiger partial charge >= 0.3 is 0 Å². The maximum absolute atomic E-state index is 12.5. The fourth-order valence-corrected chi connectivity index (χ4v) is 4.83. The van der Waals surface area contributed by atoms with Crippen molar-refractivity contribution in [3.8, 4) is 0 Å². The highest BCUT2D eigenvalue weighted by molar-refractivity contribution is 7.08. The van der Waals surface area contributed by atoms with Crippen LogP contribution in [0.5, 0.6) is 0 Å². The molecule has 1 spiro atoms. The number of amides is 2. The predicted molar refractivity (Wildman–Crippen MR) is 95.3 cm³/mol. The van der Waals surface area contributed by atoms with Crippen LogP contribution in [0.4, 0.5) is 0 Å². The number of thiophene rings is 1. The lowest BCUT2D eigenvalue weighted by Gasteiger charge is -2.42. The average molecular weight is 358 g/mol. The maximum Gasteiger partial charge on any atom is 0.227 e. The van der Waals surface area contributed by atoms with E-state index in [-0.39, 0.29) is 23.3 Å². The van der Waals surface area contributed by atoms with Crippen LogP contribution >= 0.6 is 11.3 Å². The summed E-state index contributed by atoms with van der Waals surface area (Å²) in [5.41, 5.74) is 1.95. The first-order chi connectivity index (χ1) is 12.1. The van der Waals surface area contributed by atoms with Crippen LogP contribution in [-0.4, -0.2) is 45.1 Å². The summed E-state index contributed by atoms with van der Waals surface area (Å²) in [7, 11) is 1.89. The number of aryl methyl sites for hydroxylation is 1. The van der Waals surface area contributed by atoms with Gasteiger partial charge in [0.15, 0.2) is 0 Å². The second-order valence-corrected chi connectivity index (χ2v) is 7.88. The average Bonchev–Trinajstić information content (AvgIpc) is 3.30. The number of piperidine rings is 1. The molecule has 4 heterocycles. The van der Waals surface area contributed by atoms with Crippen molar-refractivity contribution in [1.29, 1.82) is 0 Å². The van der Waals surface area contributed by atoms with Gasteiger partial charge in [0.25, 0.3) is 0 Å². The third-order valence-electron chi connectivity index (χ3n) is 5.52. The number of hydrogen-bond donors (Lipinski definition) is 1. The monoisotopic (exact) mass is 358 g/mol. The molecule has 7 heteroatoms. The number of likely N-dealkylation sites (tertiary alicyclic amines) is 1. The molecule has 2 aliphatic rings. The highest BCUT2D eigenvalue weighted by Gasteiger charge is 2.49. The van der Waals surface area contributed by atoms with Crippen molar-refractivity contribution in [2.24, 2.45) is 7.05 Å². The smallest absolute Gasteiger partial charge is 0.227 e. The Morgan fingerprint density at radius 1 is 1.44 bits per heavy atom. The summed E-state index contributed by atoms with van der Waals surface area (Å²) in [6, 6.07) is 2.00. The molecule has 4 rings (SSSR count). The first kappa shape index (κ1) is 16.3. The molecule has 6 nitrogen and oxygen atoms in total. The molecule has 2 amide bonds. The number of nitrogens with one attached hydrogen (secondary N) is 1. The molecule has 2 aromatic heterocycles. The van der Waals surface area contributed by atoms with Crippen molar-refractivity contribution in [3.63, 3.8) is 0 Å². The number of aromatic nitrogens is 2. The SMILES string of the molecule is Cn1cc([C@H]2CC(=O)NC23CCN(C(=O)Cc2ccsc2)CC3)cn1. The van der Waals surface area contributed by atoms with E-state index >= 15 is 0 Å². The Balaban J connectivity index is 1.45. The Kier molecular flexibility index (Phi) is 4.11. The lowest BCUT2D eigenvalue weighted by atomic mass is 9.75. The van der Waals surface area contributed by atoms with E-state index < -0.39 is 0 Å². The minimum atomic E-state index is -0.237. The number of carbonyl (C=O) groups excluding carboxylic acids is 2. The number of nitrogens with zero attached hydrogens (tertiary/aromatic N) is 3. The van der Waals surface area contributed by atoms with E-state index in [1.54, 1.807) is 16.0 Å². The summed E-state index contributed by atoms with van der Waals surface area (Å²) in [5.74, 6) is 0.422. The Hall–Kier alpha value is -2.15. The highest BCUT2D eigenvalue weighted by Crippen LogP contribution is 2.43. The van der Waals surface area contributed by atoms with Crippen molar-refractivity contribution >= 4 is 23.2 Å². The van der Waals surface area contributed by atoms with Gasteiger partial charge in [0.2, 0.25) is 11.8 Å². The van der Waals surface area contributed by atoms with E-state index in [0.29, 0.717) is 25.9 Å². The summed E-state index contributed by atoms with van der Waals surface area (Å²) in [6.45, 7) is 1.39. The molecule has 0 unspecified atom stereocenters. The summed E-state index contributed by atoms with van der Waals surface area (Å²) >= 11 is 1.62. The van der Waals surface area contributed by atoms with Gasteiger partial charge in [-0.25, -0.2) is 0 Å². The fraction of sp³-hybridized carbons (Fsp3) is 0.500. The van der Waals surface area contributed by atoms with Crippen LogP contribution < -0.4 is 5.32 Å². The third-order valence-corrected chi connectivity index (χ3v) is 6.25. The van der Waals surface area contributed by atoms with Crippen LogP contribution in [-0.2, 0) is 23.1 Å². The van der Waals surface area contributed by atoms with E-state index in [2.05, 4.69) is 10.4 Å². The Morgan fingerprint density at radius 2 is 2.24 bits per heavy atom. The standard InChI is InChI=1S/C18H22N4O2S/c1-21-11-14(10-19-21)15-9-16(23)20-18(15)3-5-22(6-4-18)17(24)8-13-2-7-25-12-13/h2,7,10-12,15H,3-6,8-9H2,1H3,(H,20,23)/t15-/m1/s1. The van der Waals surface area contributed by atoms with E-state index in [9.17, 15) is 9.59 Å². The van der Waals surface area contributed by atoms with Crippen LogP contribution in [0.25, 0.3) is 0 Å². The maximum atomic E-state index is 12.5. The zero-order valence-corrected chi connectivity index (χ0v) is 15.1. The third kappa shape index (κ3) is 3.08. The van der Waals surface area contributed by atoms with Crippen LogP contribution in [0.3, 0.4) is 0 Å². The summed E-state index contributed by atoms with van der Waals surface area (Å²) in [4.78, 5) is 26.6. The molecule has 1 atom stereocenters. The van der Waals surface area contributed by atoms with Crippen molar-refractivity contribution in [2.45, 2.75) is 37.1 Å². The number of hydrogen-bond acceptors (Lipinski definition) is 4. The summed E-state index contributed by atoms with van der Waals surface area (Å²) in [6.07, 6.45) is 6.44. The van der Waals surface area contributed by atoms with Gasteiger partial charge in [-0.15, -0.1) is 0 Å². The van der Waals surface area contributed by atoms with Crippen LogP contribution in [0, 0.1) is 0 Å². The van der Waals surface area contributed by atoms with Crippen LogP contribution in [0.15, 0.2) is 29.2 Å². The lowest BCUT2D eigenvalue weighted by Crippen LogP contribution is -2.54.